The molecule has 0 aliphatic heterocycles. The second kappa shape index (κ2) is 37.9. The van der Waals surface area contributed by atoms with Gasteiger partial charge in [-0.05, 0) is 76.7 Å². The van der Waals surface area contributed by atoms with Crippen LogP contribution >= 0.6 is 7.82 Å². The maximum Gasteiger partial charge on any atom is 0.472 e. The Bertz CT molecular complexity index is 1500. The van der Waals surface area contributed by atoms with E-state index >= 15 is 0 Å². The van der Waals surface area contributed by atoms with Gasteiger partial charge in [-0.1, -0.05) is 138 Å². The lowest BCUT2D eigenvalue weighted by molar-refractivity contribution is -0.220. The molecule has 0 aromatic heterocycles. The van der Waals surface area contributed by atoms with E-state index in [0.717, 1.165) is 77.0 Å². The third-order valence-corrected chi connectivity index (χ3v) is 11.2. The van der Waals surface area contributed by atoms with Gasteiger partial charge in [-0.15, -0.1) is 0 Å². The minimum atomic E-state index is -5.16. The van der Waals surface area contributed by atoms with Crippen LogP contribution in [0.4, 0.5) is 0 Å². The third kappa shape index (κ3) is 30.0. The van der Waals surface area contributed by atoms with E-state index in [9.17, 15) is 49.4 Å². The van der Waals surface area contributed by atoms with E-state index in [-0.39, 0.29) is 18.6 Å². The first kappa shape index (κ1) is 58.7. The molecular weight excluding hydrogens is 843 g/mol. The lowest BCUT2D eigenvalue weighted by atomic mass is 9.85. The number of aliphatic hydroxyl groups is 5. The molecule has 3 unspecified atom stereocenters. The van der Waals surface area contributed by atoms with Crippen molar-refractivity contribution < 1.29 is 67.9 Å². The van der Waals surface area contributed by atoms with Crippen molar-refractivity contribution in [1.29, 1.82) is 0 Å². The SMILES string of the molecule is CCCCC/C=C\C/C=C\C/C=C\C/C=C\C/C=C\CCC(=O)O[C@H](COC(=O)CCCCCCC/C=C\C=C\C(=O)CCCCC)COP(=O)(O)OC1[C@H](O)[C@H](O)C(O)[C@H](O)[C@H]1O. The van der Waals surface area contributed by atoms with Crippen LogP contribution in [0.15, 0.2) is 85.1 Å². The molecule has 0 saturated heterocycles. The Morgan fingerprint density at radius 1 is 0.531 bits per heavy atom. The number of phosphoric ester groups is 1. The Morgan fingerprint density at radius 2 is 1.02 bits per heavy atom. The van der Waals surface area contributed by atoms with Crippen LogP contribution < -0.4 is 0 Å². The summed E-state index contributed by atoms with van der Waals surface area (Å²) in [6.07, 6.45) is 32.0. The van der Waals surface area contributed by atoms with Crippen molar-refractivity contribution in [2.24, 2.45) is 0 Å². The number of aliphatic hydroxyl groups excluding tert-OH is 5. The first-order valence-corrected chi connectivity index (χ1v) is 24.8. The fourth-order valence-corrected chi connectivity index (χ4v) is 7.34. The van der Waals surface area contributed by atoms with Crippen LogP contribution in [-0.2, 0) is 37.5 Å². The summed E-state index contributed by atoms with van der Waals surface area (Å²) in [6.45, 7) is 3.01. The molecule has 1 aliphatic rings. The molecule has 1 rings (SSSR count). The number of hydrogen-bond donors (Lipinski definition) is 6. The summed E-state index contributed by atoms with van der Waals surface area (Å²) in [5, 5.41) is 50.1. The summed E-state index contributed by atoms with van der Waals surface area (Å²) in [6, 6.07) is 0. The van der Waals surface area contributed by atoms with Crippen molar-refractivity contribution >= 4 is 25.5 Å². The fourth-order valence-electron chi connectivity index (χ4n) is 6.37. The van der Waals surface area contributed by atoms with Gasteiger partial charge in [0.1, 0.15) is 43.2 Å². The van der Waals surface area contributed by atoms with E-state index in [1.807, 2.05) is 30.4 Å². The summed E-state index contributed by atoms with van der Waals surface area (Å²) in [5.41, 5.74) is 0. The smallest absolute Gasteiger partial charge is 0.462 e. The Morgan fingerprint density at radius 3 is 1.62 bits per heavy atom. The van der Waals surface area contributed by atoms with Crippen molar-refractivity contribution in [3.05, 3.63) is 85.1 Å². The van der Waals surface area contributed by atoms with Gasteiger partial charge in [0, 0.05) is 19.3 Å². The maximum absolute atomic E-state index is 12.8. The molecule has 364 valence electrons. The van der Waals surface area contributed by atoms with Gasteiger partial charge in [-0.25, -0.2) is 4.57 Å². The topological polar surface area (TPSA) is 227 Å². The van der Waals surface area contributed by atoms with Crippen molar-refractivity contribution in [3.8, 4) is 0 Å². The first-order chi connectivity index (χ1) is 30.8. The van der Waals surface area contributed by atoms with E-state index in [1.165, 1.54) is 19.3 Å². The number of hydrogen-bond acceptors (Lipinski definition) is 13. The van der Waals surface area contributed by atoms with E-state index in [2.05, 4.69) is 56.4 Å². The Balaban J connectivity index is 2.55. The van der Waals surface area contributed by atoms with Gasteiger partial charge >= 0.3 is 19.8 Å². The molecule has 6 N–H and O–H groups in total. The summed E-state index contributed by atoms with van der Waals surface area (Å²) in [5.74, 6) is -1.13. The number of carbonyl (C=O) groups is 3. The highest BCUT2D eigenvalue weighted by Gasteiger charge is 2.51. The summed E-state index contributed by atoms with van der Waals surface area (Å²) in [4.78, 5) is 47.4. The highest BCUT2D eigenvalue weighted by atomic mass is 31.2. The molecule has 0 aromatic carbocycles. The predicted octanol–water partition coefficient (Wildman–Crippen LogP) is 8.46. The van der Waals surface area contributed by atoms with Crippen molar-refractivity contribution in [2.75, 3.05) is 13.2 Å². The molecule has 0 bridgehead atoms. The standard InChI is InChI=1S/C49H79O14P/c1-3-5-7-8-9-10-11-12-13-14-15-16-17-18-19-22-26-29-33-37-43(52)62-41(39-61-64(58,59)63-49-47(56)45(54)44(53)46(55)48(49)57)38-60-42(51)36-32-28-25-23-20-21-24-27-31-35-40(50)34-30-6-4-2/h9-10,12-13,15-16,18-19,24,26-27,29,31,35,41,44-49,53-57H,3-8,11,14,17,20-23,25,28,30,32-34,36-39H2,1-2H3,(H,58,59)/b10-9-,13-12-,16-15-,19-18-,27-24-,29-26-,35-31+/t41-,44?,45-,46+,47-,48-,49?/m1/s1. The number of ketones is 1. The number of ether oxygens (including phenoxy) is 2. The lowest BCUT2D eigenvalue weighted by Gasteiger charge is -2.41. The normalized spacial score (nSPS) is 22.2. The van der Waals surface area contributed by atoms with Gasteiger partial charge in [0.25, 0.3) is 0 Å². The lowest BCUT2D eigenvalue weighted by Crippen LogP contribution is -2.64. The molecule has 64 heavy (non-hydrogen) atoms. The molecule has 15 heteroatoms. The van der Waals surface area contributed by atoms with Gasteiger partial charge in [-0.3, -0.25) is 23.4 Å². The number of esters is 2. The zero-order valence-electron chi connectivity index (χ0n) is 38.3. The van der Waals surface area contributed by atoms with Crippen LogP contribution in [0.2, 0.25) is 0 Å². The second-order valence-corrected chi connectivity index (χ2v) is 17.3. The van der Waals surface area contributed by atoms with Gasteiger partial charge < -0.3 is 39.9 Å². The van der Waals surface area contributed by atoms with Crippen molar-refractivity contribution in [3.63, 3.8) is 0 Å². The Kier molecular flexibility index (Phi) is 34.7. The molecule has 1 fully saturated rings. The predicted molar refractivity (Wildman–Crippen MR) is 249 cm³/mol. The van der Waals surface area contributed by atoms with Crippen LogP contribution in [0.5, 0.6) is 0 Å². The fraction of sp³-hybridized carbons (Fsp3) is 0.653. The average Bonchev–Trinajstić information content (AvgIpc) is 3.27. The van der Waals surface area contributed by atoms with Gasteiger partial charge in [0.2, 0.25) is 0 Å². The summed E-state index contributed by atoms with van der Waals surface area (Å²) < 4.78 is 33.4. The van der Waals surface area contributed by atoms with Crippen LogP contribution in [-0.4, -0.2) is 104 Å². The molecule has 1 saturated carbocycles. The zero-order chi connectivity index (χ0) is 47.3. The Hall–Kier alpha value is -3.30. The number of rotatable bonds is 37. The van der Waals surface area contributed by atoms with Gasteiger partial charge in [-0.2, -0.15) is 0 Å². The largest absolute Gasteiger partial charge is 0.472 e. The van der Waals surface area contributed by atoms with Crippen LogP contribution in [0.25, 0.3) is 0 Å². The molecule has 0 radical (unpaired) electrons. The molecule has 1 aliphatic carbocycles. The highest BCUT2D eigenvalue weighted by molar-refractivity contribution is 7.47. The summed E-state index contributed by atoms with van der Waals surface area (Å²) >= 11 is 0. The summed E-state index contributed by atoms with van der Waals surface area (Å²) in [7, 11) is -5.16. The number of allylic oxidation sites excluding steroid dienone is 14. The average molecular weight is 923 g/mol. The van der Waals surface area contributed by atoms with E-state index in [4.69, 9.17) is 18.5 Å². The molecule has 0 amide bonds. The first-order valence-electron chi connectivity index (χ1n) is 23.3. The number of carbonyl (C=O) groups excluding carboxylic acids is 3. The van der Waals surface area contributed by atoms with Crippen LogP contribution in [0.1, 0.15) is 149 Å². The van der Waals surface area contributed by atoms with E-state index < -0.39 is 75.7 Å². The van der Waals surface area contributed by atoms with Crippen molar-refractivity contribution in [2.45, 2.75) is 191 Å². The number of unbranched alkanes of at least 4 members (excludes halogenated alkanes) is 10. The Labute approximate surface area is 382 Å². The van der Waals surface area contributed by atoms with Crippen molar-refractivity contribution in [1.82, 2.24) is 0 Å². The zero-order valence-corrected chi connectivity index (χ0v) is 39.2. The minimum absolute atomic E-state index is 0.0489. The van der Waals surface area contributed by atoms with E-state index in [0.29, 0.717) is 25.7 Å². The third-order valence-electron chi connectivity index (χ3n) is 10.2. The molecule has 0 aromatic rings. The monoisotopic (exact) mass is 923 g/mol. The molecule has 8 atom stereocenters. The van der Waals surface area contributed by atoms with E-state index in [1.54, 1.807) is 12.2 Å². The van der Waals surface area contributed by atoms with Crippen LogP contribution in [0.3, 0.4) is 0 Å². The maximum atomic E-state index is 12.8. The highest BCUT2D eigenvalue weighted by Crippen LogP contribution is 2.47. The van der Waals surface area contributed by atoms with Crippen LogP contribution in [0, 0.1) is 0 Å². The minimum Gasteiger partial charge on any atom is -0.462 e. The van der Waals surface area contributed by atoms with Gasteiger partial charge in [0.15, 0.2) is 11.9 Å². The number of phosphoric acid groups is 1. The molecular formula is C49H79O14P. The van der Waals surface area contributed by atoms with Gasteiger partial charge in [0.05, 0.1) is 6.61 Å². The quantitative estimate of drug-likeness (QED) is 0.00859. The molecule has 14 nitrogen and oxygen atoms in total. The molecule has 0 heterocycles. The second-order valence-electron chi connectivity index (χ2n) is 15.9. The molecule has 0 spiro atoms.